The summed E-state index contributed by atoms with van der Waals surface area (Å²) in [6.07, 6.45) is 2.70. The van der Waals surface area contributed by atoms with Gasteiger partial charge in [-0.2, -0.15) is 0 Å². The second-order valence-corrected chi connectivity index (χ2v) is 7.36. The maximum Gasteiger partial charge on any atom is 0.242 e. The molecule has 1 saturated carbocycles. The van der Waals surface area contributed by atoms with Crippen LogP contribution in [0, 0.1) is 0 Å². The Morgan fingerprint density at radius 3 is 2.55 bits per heavy atom. The molecule has 0 aromatic heterocycles. The highest BCUT2D eigenvalue weighted by molar-refractivity contribution is 7.89. The highest BCUT2D eigenvalue weighted by Gasteiger charge is 2.38. The summed E-state index contributed by atoms with van der Waals surface area (Å²) in [5.41, 5.74) is 5.30. The molecule has 0 unspecified atom stereocenters. The zero-order valence-electron chi connectivity index (χ0n) is 10.9. The first-order valence-electron chi connectivity index (χ1n) is 6.10. The number of anilines is 1. The lowest BCUT2D eigenvalue weighted by Gasteiger charge is -2.40. The fourth-order valence-corrected chi connectivity index (χ4v) is 3.96. The van der Waals surface area contributed by atoms with Crippen molar-refractivity contribution in [2.75, 3.05) is 19.4 Å². The Balaban J connectivity index is 2.21. The Hall–Kier alpha value is -0.530. The van der Waals surface area contributed by atoms with Gasteiger partial charge in [0, 0.05) is 13.7 Å². The Morgan fingerprint density at radius 2 is 2.05 bits per heavy atom. The topological polar surface area (TPSA) is 81.4 Å². The molecule has 1 fully saturated rings. The molecule has 1 aliphatic rings. The van der Waals surface area contributed by atoms with E-state index in [1.807, 2.05) is 0 Å². The van der Waals surface area contributed by atoms with Crippen LogP contribution >= 0.6 is 23.2 Å². The second kappa shape index (κ2) is 5.69. The number of nitrogens with two attached hydrogens (primary N) is 1. The number of methoxy groups -OCH3 is 1. The molecule has 5 nitrogen and oxygen atoms in total. The number of nitrogen functional groups attached to an aromatic ring is 1. The molecule has 0 amide bonds. The van der Waals surface area contributed by atoms with Gasteiger partial charge in [-0.05, 0) is 31.4 Å². The van der Waals surface area contributed by atoms with E-state index in [1.54, 1.807) is 7.11 Å². The van der Waals surface area contributed by atoms with Crippen LogP contribution in [0.25, 0.3) is 0 Å². The Labute approximate surface area is 128 Å². The standard InChI is InChI=1S/C12H16Cl2N2O3S/c1-19-12(5-2-6-12)7-16-20(17,18)9-4-3-8(13)11(15)10(9)14/h3-4,16H,2,5-7,15H2,1H3. The summed E-state index contributed by atoms with van der Waals surface area (Å²) < 4.78 is 32.4. The minimum Gasteiger partial charge on any atom is -0.396 e. The second-order valence-electron chi connectivity index (χ2n) is 4.84. The first-order valence-corrected chi connectivity index (χ1v) is 8.33. The van der Waals surface area contributed by atoms with Gasteiger partial charge < -0.3 is 10.5 Å². The molecule has 112 valence electrons. The third-order valence-electron chi connectivity index (χ3n) is 3.66. The number of hydrogen-bond acceptors (Lipinski definition) is 4. The van der Waals surface area contributed by atoms with Gasteiger partial charge in [0.25, 0.3) is 0 Å². The van der Waals surface area contributed by atoms with Crippen molar-refractivity contribution < 1.29 is 13.2 Å². The molecule has 1 aliphatic carbocycles. The highest BCUT2D eigenvalue weighted by atomic mass is 35.5. The van der Waals surface area contributed by atoms with Crippen molar-refractivity contribution in [3.63, 3.8) is 0 Å². The van der Waals surface area contributed by atoms with Crippen molar-refractivity contribution in [1.82, 2.24) is 4.72 Å². The molecule has 0 heterocycles. The maximum absolute atomic E-state index is 12.3. The third-order valence-corrected chi connectivity index (χ3v) is 5.96. The molecular formula is C12H16Cl2N2O3S. The normalized spacial score (nSPS) is 17.8. The van der Waals surface area contributed by atoms with E-state index in [0.29, 0.717) is 0 Å². The first-order chi connectivity index (χ1) is 9.31. The molecule has 0 atom stereocenters. The molecule has 0 bridgehead atoms. The number of sulfonamides is 1. The van der Waals surface area contributed by atoms with Gasteiger partial charge in [0.05, 0.1) is 21.3 Å². The summed E-state index contributed by atoms with van der Waals surface area (Å²) in [5, 5.41) is 0.159. The van der Waals surface area contributed by atoms with Gasteiger partial charge in [-0.15, -0.1) is 0 Å². The molecule has 0 aliphatic heterocycles. The van der Waals surface area contributed by atoms with Crippen LogP contribution in [-0.4, -0.2) is 27.7 Å². The fourth-order valence-electron chi connectivity index (χ4n) is 2.09. The molecule has 0 spiro atoms. The van der Waals surface area contributed by atoms with E-state index in [4.69, 9.17) is 33.7 Å². The van der Waals surface area contributed by atoms with Crippen LogP contribution in [0.5, 0.6) is 0 Å². The summed E-state index contributed by atoms with van der Waals surface area (Å²) in [4.78, 5) is -0.0772. The lowest BCUT2D eigenvalue weighted by molar-refractivity contribution is -0.0659. The molecule has 8 heteroatoms. The predicted octanol–water partition coefficient (Wildman–Crippen LogP) is 2.42. The van der Waals surface area contributed by atoms with Gasteiger partial charge in [-0.25, -0.2) is 13.1 Å². The quantitative estimate of drug-likeness (QED) is 0.808. The Kier molecular flexibility index (Phi) is 4.51. The maximum atomic E-state index is 12.3. The number of halogens is 2. The van der Waals surface area contributed by atoms with Gasteiger partial charge in [-0.1, -0.05) is 23.2 Å². The molecule has 2 rings (SSSR count). The molecule has 1 aromatic rings. The summed E-state index contributed by atoms with van der Waals surface area (Å²) in [6.45, 7) is 0.213. The summed E-state index contributed by atoms with van der Waals surface area (Å²) in [7, 11) is -2.17. The number of rotatable bonds is 5. The van der Waals surface area contributed by atoms with Crippen LogP contribution in [0.2, 0.25) is 10.0 Å². The van der Waals surface area contributed by atoms with Crippen molar-refractivity contribution in [3.8, 4) is 0 Å². The third kappa shape index (κ3) is 2.89. The van der Waals surface area contributed by atoms with E-state index in [-0.39, 0.29) is 27.2 Å². The number of ether oxygens (including phenoxy) is 1. The minimum atomic E-state index is -3.75. The van der Waals surface area contributed by atoms with Gasteiger partial charge in [-0.3, -0.25) is 0 Å². The van der Waals surface area contributed by atoms with Crippen LogP contribution < -0.4 is 10.5 Å². The van der Waals surface area contributed by atoms with Gasteiger partial charge in [0.1, 0.15) is 4.90 Å². The minimum absolute atomic E-state index is 0.0568. The molecule has 20 heavy (non-hydrogen) atoms. The average Bonchev–Trinajstić information content (AvgIpc) is 2.35. The molecular weight excluding hydrogens is 323 g/mol. The van der Waals surface area contributed by atoms with Crippen molar-refractivity contribution in [1.29, 1.82) is 0 Å². The van der Waals surface area contributed by atoms with E-state index in [2.05, 4.69) is 4.72 Å². The zero-order chi connectivity index (χ0) is 15.0. The smallest absolute Gasteiger partial charge is 0.242 e. The van der Waals surface area contributed by atoms with Crippen LogP contribution in [0.4, 0.5) is 5.69 Å². The summed E-state index contributed by atoms with van der Waals surface area (Å²) in [5.74, 6) is 0. The number of benzene rings is 1. The molecule has 1 aromatic carbocycles. The first kappa shape index (κ1) is 15.9. The van der Waals surface area contributed by atoms with E-state index in [0.717, 1.165) is 19.3 Å². The molecule has 0 saturated heterocycles. The lowest BCUT2D eigenvalue weighted by Crippen LogP contribution is -2.49. The van der Waals surface area contributed by atoms with Crippen molar-refractivity contribution >= 4 is 38.9 Å². The molecule has 3 N–H and O–H groups in total. The Morgan fingerprint density at radius 1 is 1.40 bits per heavy atom. The largest absolute Gasteiger partial charge is 0.396 e. The molecule has 0 radical (unpaired) electrons. The van der Waals surface area contributed by atoms with Crippen LogP contribution in [0.15, 0.2) is 17.0 Å². The average molecular weight is 339 g/mol. The van der Waals surface area contributed by atoms with E-state index in [9.17, 15) is 8.42 Å². The number of nitrogens with one attached hydrogen (secondary N) is 1. The van der Waals surface area contributed by atoms with Gasteiger partial charge in [0.15, 0.2) is 0 Å². The van der Waals surface area contributed by atoms with Crippen molar-refractivity contribution in [3.05, 3.63) is 22.2 Å². The monoisotopic (exact) mass is 338 g/mol. The predicted molar refractivity (Wildman–Crippen MR) is 79.7 cm³/mol. The van der Waals surface area contributed by atoms with Crippen LogP contribution in [-0.2, 0) is 14.8 Å². The van der Waals surface area contributed by atoms with Crippen LogP contribution in [0.3, 0.4) is 0 Å². The summed E-state index contributed by atoms with van der Waals surface area (Å²) >= 11 is 11.7. The van der Waals surface area contributed by atoms with E-state index in [1.165, 1.54) is 12.1 Å². The van der Waals surface area contributed by atoms with Gasteiger partial charge in [0.2, 0.25) is 10.0 Å². The van der Waals surface area contributed by atoms with Crippen molar-refractivity contribution in [2.24, 2.45) is 0 Å². The zero-order valence-corrected chi connectivity index (χ0v) is 13.3. The summed E-state index contributed by atoms with van der Waals surface area (Å²) in [6, 6.07) is 2.75. The Bertz CT molecular complexity index is 610. The van der Waals surface area contributed by atoms with Gasteiger partial charge >= 0.3 is 0 Å². The lowest BCUT2D eigenvalue weighted by atomic mass is 9.80. The van der Waals surface area contributed by atoms with Crippen molar-refractivity contribution in [2.45, 2.75) is 29.8 Å². The van der Waals surface area contributed by atoms with E-state index >= 15 is 0 Å². The van der Waals surface area contributed by atoms with Crippen LogP contribution in [0.1, 0.15) is 19.3 Å². The SMILES string of the molecule is COC1(CNS(=O)(=O)c2ccc(Cl)c(N)c2Cl)CCC1. The fraction of sp³-hybridized carbons (Fsp3) is 0.500. The number of hydrogen-bond donors (Lipinski definition) is 2. The highest BCUT2D eigenvalue weighted by Crippen LogP contribution is 2.36. The van der Waals surface area contributed by atoms with E-state index < -0.39 is 15.6 Å².